The molecule has 0 aromatic rings. The molecular weight excluding hydrogens is 174 g/mol. The van der Waals surface area contributed by atoms with Crippen molar-refractivity contribution in [3.05, 3.63) is 0 Å². The average Bonchev–Trinajstić information content (AvgIpc) is 2.50. The first-order valence-electron chi connectivity index (χ1n) is 4.50. The third kappa shape index (κ3) is 2.13. The number of nitrogens with zero attached hydrogens (tertiary/aromatic N) is 1. The van der Waals surface area contributed by atoms with E-state index in [1.165, 1.54) is 0 Å². The van der Waals surface area contributed by atoms with Crippen LogP contribution in [0.5, 0.6) is 0 Å². The Morgan fingerprint density at radius 3 is 2.75 bits per heavy atom. The zero-order chi connectivity index (χ0) is 9.14. The predicted octanol–water partition coefficient (Wildman–Crippen LogP) is 1.73. The zero-order valence-corrected chi connectivity index (χ0v) is 8.47. The Kier molecular flexibility index (Phi) is 3.39. The summed E-state index contributed by atoms with van der Waals surface area (Å²) in [5, 5.41) is 0. The van der Waals surface area contributed by atoms with Crippen LogP contribution in [0.15, 0.2) is 0 Å². The third-order valence-corrected chi connectivity index (χ3v) is 2.75. The van der Waals surface area contributed by atoms with E-state index >= 15 is 0 Å². The van der Waals surface area contributed by atoms with Crippen molar-refractivity contribution in [2.24, 2.45) is 11.8 Å². The van der Waals surface area contributed by atoms with Gasteiger partial charge >= 0.3 is 0 Å². The number of carbonyl (C=O) groups excluding carboxylic acids is 1. The molecule has 1 unspecified atom stereocenters. The van der Waals surface area contributed by atoms with Gasteiger partial charge in [0.2, 0.25) is 5.91 Å². The van der Waals surface area contributed by atoms with Crippen molar-refractivity contribution in [2.45, 2.75) is 20.3 Å². The molecule has 0 saturated carbocycles. The van der Waals surface area contributed by atoms with Crippen molar-refractivity contribution in [1.29, 1.82) is 0 Å². The summed E-state index contributed by atoms with van der Waals surface area (Å²) >= 11 is 5.72. The second kappa shape index (κ2) is 4.13. The normalized spacial score (nSPS) is 23.7. The molecule has 1 aliphatic rings. The molecule has 0 bridgehead atoms. The summed E-state index contributed by atoms with van der Waals surface area (Å²) in [4.78, 5) is 13.4. The van der Waals surface area contributed by atoms with Gasteiger partial charge in [-0.25, -0.2) is 0 Å². The minimum Gasteiger partial charge on any atom is -0.342 e. The molecule has 1 heterocycles. The summed E-state index contributed by atoms with van der Waals surface area (Å²) in [5.41, 5.74) is 0. The molecule has 1 fully saturated rings. The third-order valence-electron chi connectivity index (χ3n) is 2.31. The molecule has 3 heteroatoms. The number of alkyl halides is 1. The zero-order valence-electron chi connectivity index (χ0n) is 7.72. The molecule has 1 rings (SSSR count). The highest BCUT2D eigenvalue weighted by atomic mass is 35.5. The lowest BCUT2D eigenvalue weighted by Crippen LogP contribution is -2.32. The molecule has 1 amide bonds. The van der Waals surface area contributed by atoms with Crippen molar-refractivity contribution < 1.29 is 4.79 Å². The Morgan fingerprint density at radius 1 is 1.67 bits per heavy atom. The van der Waals surface area contributed by atoms with Crippen LogP contribution in [0.4, 0.5) is 0 Å². The summed E-state index contributed by atoms with van der Waals surface area (Å²) < 4.78 is 0. The van der Waals surface area contributed by atoms with E-state index in [9.17, 15) is 4.79 Å². The Bertz CT molecular complexity index is 170. The summed E-state index contributed by atoms with van der Waals surface area (Å²) in [6.07, 6.45) is 1.07. The van der Waals surface area contributed by atoms with Gasteiger partial charge in [-0.15, -0.1) is 11.6 Å². The van der Waals surface area contributed by atoms with Crippen LogP contribution in [-0.4, -0.2) is 29.8 Å². The van der Waals surface area contributed by atoms with Crippen molar-refractivity contribution in [1.82, 2.24) is 4.90 Å². The van der Waals surface area contributed by atoms with Crippen LogP contribution in [0, 0.1) is 11.8 Å². The lowest BCUT2D eigenvalue weighted by Gasteiger charge is -2.18. The van der Waals surface area contributed by atoms with E-state index in [2.05, 4.69) is 0 Å². The molecule has 1 aliphatic heterocycles. The first-order chi connectivity index (χ1) is 5.65. The number of rotatable bonds is 2. The summed E-state index contributed by atoms with van der Waals surface area (Å²) in [7, 11) is 0. The summed E-state index contributed by atoms with van der Waals surface area (Å²) in [6, 6.07) is 0. The maximum Gasteiger partial charge on any atom is 0.225 e. The van der Waals surface area contributed by atoms with E-state index in [-0.39, 0.29) is 11.8 Å². The van der Waals surface area contributed by atoms with Crippen LogP contribution in [-0.2, 0) is 4.79 Å². The maximum atomic E-state index is 11.5. The fourth-order valence-corrected chi connectivity index (χ4v) is 1.78. The highest BCUT2D eigenvalue weighted by Crippen LogP contribution is 2.18. The van der Waals surface area contributed by atoms with Gasteiger partial charge in [-0.2, -0.15) is 0 Å². The van der Waals surface area contributed by atoms with Crippen molar-refractivity contribution in [2.75, 3.05) is 19.0 Å². The number of hydrogen-bond donors (Lipinski definition) is 0. The fraction of sp³-hybridized carbons (Fsp3) is 0.889. The number of amides is 1. The Morgan fingerprint density at radius 2 is 2.33 bits per heavy atom. The standard InChI is InChI=1S/C9H16ClNO/c1-7(2)9(12)11-4-3-8(5-10)6-11/h7-8H,3-6H2,1-2H3. The second-order valence-electron chi connectivity index (χ2n) is 3.75. The highest BCUT2D eigenvalue weighted by Gasteiger charge is 2.26. The van der Waals surface area contributed by atoms with E-state index in [1.807, 2.05) is 18.7 Å². The molecular formula is C9H16ClNO. The topological polar surface area (TPSA) is 20.3 Å². The monoisotopic (exact) mass is 189 g/mol. The second-order valence-corrected chi connectivity index (χ2v) is 4.06. The summed E-state index contributed by atoms with van der Waals surface area (Å²) in [5.74, 6) is 1.60. The van der Waals surface area contributed by atoms with Crippen LogP contribution in [0.1, 0.15) is 20.3 Å². The molecule has 0 radical (unpaired) electrons. The Balaban J connectivity index is 2.41. The van der Waals surface area contributed by atoms with Gasteiger partial charge in [0.25, 0.3) is 0 Å². The average molecular weight is 190 g/mol. The molecule has 0 aromatic carbocycles. The van der Waals surface area contributed by atoms with Gasteiger partial charge in [-0.1, -0.05) is 13.8 Å². The summed E-state index contributed by atoms with van der Waals surface area (Å²) in [6.45, 7) is 5.64. The van der Waals surface area contributed by atoms with Crippen LogP contribution in [0.25, 0.3) is 0 Å². The molecule has 0 aliphatic carbocycles. The number of halogens is 1. The molecule has 12 heavy (non-hydrogen) atoms. The van der Waals surface area contributed by atoms with Gasteiger partial charge in [-0.05, 0) is 12.3 Å². The largest absolute Gasteiger partial charge is 0.342 e. The maximum absolute atomic E-state index is 11.5. The minimum atomic E-state index is 0.124. The molecule has 1 saturated heterocycles. The SMILES string of the molecule is CC(C)C(=O)N1CCC(CCl)C1. The van der Waals surface area contributed by atoms with Crippen LogP contribution in [0.3, 0.4) is 0 Å². The van der Waals surface area contributed by atoms with Crippen LogP contribution >= 0.6 is 11.6 Å². The van der Waals surface area contributed by atoms with Gasteiger partial charge in [0, 0.05) is 24.9 Å². The van der Waals surface area contributed by atoms with Gasteiger partial charge in [-0.3, -0.25) is 4.79 Å². The number of carbonyl (C=O) groups is 1. The lowest BCUT2D eigenvalue weighted by molar-refractivity contribution is -0.133. The van der Waals surface area contributed by atoms with Gasteiger partial charge in [0.05, 0.1) is 0 Å². The fourth-order valence-electron chi connectivity index (χ4n) is 1.52. The van der Waals surface area contributed by atoms with E-state index < -0.39 is 0 Å². The van der Waals surface area contributed by atoms with E-state index in [0.29, 0.717) is 11.8 Å². The molecule has 1 atom stereocenters. The van der Waals surface area contributed by atoms with Crippen molar-refractivity contribution in [3.63, 3.8) is 0 Å². The first-order valence-corrected chi connectivity index (χ1v) is 5.03. The molecule has 0 N–H and O–H groups in total. The van der Waals surface area contributed by atoms with Crippen LogP contribution in [0.2, 0.25) is 0 Å². The van der Waals surface area contributed by atoms with E-state index in [1.54, 1.807) is 0 Å². The van der Waals surface area contributed by atoms with Gasteiger partial charge in [0.15, 0.2) is 0 Å². The molecule has 70 valence electrons. The molecule has 0 spiro atoms. The van der Waals surface area contributed by atoms with Crippen molar-refractivity contribution >= 4 is 17.5 Å². The number of hydrogen-bond acceptors (Lipinski definition) is 1. The smallest absolute Gasteiger partial charge is 0.225 e. The number of likely N-dealkylation sites (tertiary alicyclic amines) is 1. The van der Waals surface area contributed by atoms with Gasteiger partial charge in [0.1, 0.15) is 0 Å². The van der Waals surface area contributed by atoms with Gasteiger partial charge < -0.3 is 4.90 Å². The predicted molar refractivity (Wildman–Crippen MR) is 50.2 cm³/mol. The first kappa shape index (κ1) is 9.85. The highest BCUT2D eigenvalue weighted by molar-refractivity contribution is 6.18. The van der Waals surface area contributed by atoms with Crippen molar-refractivity contribution in [3.8, 4) is 0 Å². The quantitative estimate of drug-likeness (QED) is 0.606. The Hall–Kier alpha value is -0.240. The molecule has 2 nitrogen and oxygen atoms in total. The minimum absolute atomic E-state index is 0.124. The lowest BCUT2D eigenvalue weighted by atomic mass is 10.1. The van der Waals surface area contributed by atoms with E-state index in [4.69, 9.17) is 11.6 Å². The molecule has 0 aromatic heterocycles. The Labute approximate surface area is 78.9 Å². The van der Waals surface area contributed by atoms with Crippen LogP contribution < -0.4 is 0 Å². The van der Waals surface area contributed by atoms with E-state index in [0.717, 1.165) is 19.5 Å².